The Morgan fingerprint density at radius 3 is 2.66 bits per heavy atom. The summed E-state index contributed by atoms with van der Waals surface area (Å²) < 4.78 is 0. The minimum atomic E-state index is -0.373. The molecule has 0 aromatic carbocycles. The summed E-state index contributed by atoms with van der Waals surface area (Å²) in [5, 5.41) is 21.1. The molecular weight excluding hydrogens is 396 g/mol. The van der Waals surface area contributed by atoms with Gasteiger partial charge in [0.05, 0.1) is 12.2 Å². The molecule has 4 heteroatoms. The highest BCUT2D eigenvalue weighted by Crippen LogP contribution is 2.48. The third kappa shape index (κ3) is 7.97. The van der Waals surface area contributed by atoms with Gasteiger partial charge in [0.25, 0.3) is 0 Å². The van der Waals surface area contributed by atoms with Gasteiger partial charge in [-0.3, -0.25) is 0 Å². The first-order valence-electron chi connectivity index (χ1n) is 13.6. The zero-order chi connectivity index (χ0) is 22.9. The van der Waals surface area contributed by atoms with Crippen molar-refractivity contribution in [2.24, 2.45) is 23.7 Å². The molecule has 1 saturated heterocycles. The van der Waals surface area contributed by atoms with Crippen molar-refractivity contribution in [2.75, 3.05) is 39.8 Å². The van der Waals surface area contributed by atoms with Crippen LogP contribution in [0.4, 0.5) is 0 Å². The van der Waals surface area contributed by atoms with E-state index in [0.29, 0.717) is 17.8 Å². The van der Waals surface area contributed by atoms with E-state index in [9.17, 15) is 10.2 Å². The van der Waals surface area contributed by atoms with Crippen molar-refractivity contribution in [3.8, 4) is 0 Å². The molecule has 2 aliphatic carbocycles. The third-order valence-corrected chi connectivity index (χ3v) is 8.27. The highest BCUT2D eigenvalue weighted by Gasteiger charge is 2.43. The van der Waals surface area contributed by atoms with Gasteiger partial charge in [0.1, 0.15) is 0 Å². The lowest BCUT2D eigenvalue weighted by molar-refractivity contribution is 0.139. The molecule has 0 spiro atoms. The maximum Gasteiger partial charge on any atom is 0.0723 e. The number of unbranched alkanes of at least 4 members (excludes halogenated alkanes) is 3. The lowest BCUT2D eigenvalue weighted by atomic mass is 9.88. The van der Waals surface area contributed by atoms with Crippen molar-refractivity contribution in [3.63, 3.8) is 0 Å². The molecule has 3 aliphatic rings. The maximum atomic E-state index is 10.6. The maximum absolute atomic E-state index is 10.6. The number of hydrogen-bond donors (Lipinski definition) is 2. The van der Waals surface area contributed by atoms with Crippen LogP contribution < -0.4 is 0 Å². The van der Waals surface area contributed by atoms with Crippen LogP contribution in [0.1, 0.15) is 78.1 Å². The fourth-order valence-electron chi connectivity index (χ4n) is 6.14. The summed E-state index contributed by atoms with van der Waals surface area (Å²) in [5.41, 5.74) is 1.62. The number of nitrogens with zero attached hydrogens (tertiary/aromatic N) is 2. The molecule has 3 rings (SSSR count). The lowest BCUT2D eigenvalue weighted by Gasteiger charge is -2.32. The van der Waals surface area contributed by atoms with Crippen LogP contribution in [0.15, 0.2) is 23.8 Å². The van der Waals surface area contributed by atoms with Crippen LogP contribution in [0.25, 0.3) is 0 Å². The van der Waals surface area contributed by atoms with E-state index in [0.717, 1.165) is 19.3 Å². The van der Waals surface area contributed by atoms with Crippen molar-refractivity contribution in [2.45, 2.75) is 90.3 Å². The normalized spacial score (nSPS) is 31.2. The molecule has 6 atom stereocenters. The van der Waals surface area contributed by atoms with E-state index >= 15 is 0 Å². The molecule has 1 heterocycles. The predicted molar refractivity (Wildman–Crippen MR) is 135 cm³/mol. The largest absolute Gasteiger partial charge is 0.392 e. The van der Waals surface area contributed by atoms with Gasteiger partial charge in [0.15, 0.2) is 0 Å². The smallest absolute Gasteiger partial charge is 0.0723 e. The van der Waals surface area contributed by atoms with Crippen molar-refractivity contribution in [3.05, 3.63) is 23.8 Å². The van der Waals surface area contributed by atoms with Gasteiger partial charge in [0, 0.05) is 32.1 Å². The van der Waals surface area contributed by atoms with Crippen LogP contribution in [-0.2, 0) is 0 Å². The second-order valence-electron chi connectivity index (χ2n) is 11.1. The average Bonchev–Trinajstić information content (AvgIpc) is 3.28. The Morgan fingerprint density at radius 2 is 1.91 bits per heavy atom. The molecular formula is C28H50N2O2. The summed E-state index contributed by atoms with van der Waals surface area (Å²) in [6, 6.07) is 0. The van der Waals surface area contributed by atoms with Gasteiger partial charge in [-0.1, -0.05) is 63.3 Å². The predicted octanol–water partition coefficient (Wildman–Crippen LogP) is 4.87. The monoisotopic (exact) mass is 446 g/mol. The third-order valence-electron chi connectivity index (χ3n) is 8.27. The first kappa shape index (κ1) is 25.9. The first-order valence-corrected chi connectivity index (χ1v) is 13.6. The zero-order valence-corrected chi connectivity index (χ0v) is 21.1. The summed E-state index contributed by atoms with van der Waals surface area (Å²) in [5.74, 6) is 1.87. The lowest BCUT2D eigenvalue weighted by Crippen LogP contribution is -2.44. The second kappa shape index (κ2) is 13.3. The Kier molecular flexibility index (Phi) is 10.8. The standard InChI is InChI=1S/C28H50N2O2/c1-4-5-9-22(2)18-25(31)11-12-26-27-20-23(19-24(27)21-28(26)32)10-7-6-8-13-30-16-14-29(3)15-17-30/h11-12,19,22,24-28,31-32H,4-10,13-18,20-21H2,1-3H3/t22-,24-,25+,26+,27-,28+/m0/s1. The van der Waals surface area contributed by atoms with Gasteiger partial charge >= 0.3 is 0 Å². The van der Waals surface area contributed by atoms with Crippen LogP contribution in [0.5, 0.6) is 0 Å². The van der Waals surface area contributed by atoms with Gasteiger partial charge < -0.3 is 20.0 Å². The zero-order valence-electron chi connectivity index (χ0n) is 21.1. The molecule has 2 N–H and O–H groups in total. The molecule has 0 amide bonds. The summed E-state index contributed by atoms with van der Waals surface area (Å²) in [7, 11) is 2.22. The number of piperazine rings is 1. The number of rotatable bonds is 13. The summed E-state index contributed by atoms with van der Waals surface area (Å²) >= 11 is 0. The highest BCUT2D eigenvalue weighted by atomic mass is 16.3. The minimum Gasteiger partial charge on any atom is -0.392 e. The second-order valence-corrected chi connectivity index (χ2v) is 11.1. The molecule has 0 aromatic rings. The number of aliphatic hydroxyl groups excluding tert-OH is 2. The van der Waals surface area contributed by atoms with Gasteiger partial charge in [-0.2, -0.15) is 0 Å². The SMILES string of the molecule is CCCC[C@H](C)C[C@H](O)C=C[C@@H]1[C@H]2CC(CCCCCN3CCN(C)CC3)=C[C@H]2C[C@H]1O. The Balaban J connectivity index is 1.34. The van der Waals surface area contributed by atoms with Crippen molar-refractivity contribution < 1.29 is 10.2 Å². The van der Waals surface area contributed by atoms with Gasteiger partial charge in [-0.15, -0.1) is 0 Å². The highest BCUT2D eigenvalue weighted by molar-refractivity contribution is 5.21. The number of likely N-dealkylation sites (N-methyl/N-ethyl adjacent to an activating group) is 1. The molecule has 32 heavy (non-hydrogen) atoms. The molecule has 0 aromatic heterocycles. The number of fused-ring (bicyclic) bond motifs is 1. The van der Waals surface area contributed by atoms with E-state index in [1.54, 1.807) is 5.57 Å². The minimum absolute atomic E-state index is 0.214. The van der Waals surface area contributed by atoms with Gasteiger partial charge in [-0.05, 0) is 69.9 Å². The van der Waals surface area contributed by atoms with Crippen molar-refractivity contribution in [1.82, 2.24) is 9.80 Å². The Bertz CT molecular complexity index is 596. The molecule has 2 fully saturated rings. The van der Waals surface area contributed by atoms with Crippen LogP contribution in [0.2, 0.25) is 0 Å². The summed E-state index contributed by atoms with van der Waals surface area (Å²) in [6.07, 6.45) is 17.7. The molecule has 4 nitrogen and oxygen atoms in total. The molecule has 1 saturated carbocycles. The Labute approximate surface area is 197 Å². The van der Waals surface area contributed by atoms with Crippen LogP contribution >= 0.6 is 0 Å². The topological polar surface area (TPSA) is 46.9 Å². The first-order chi connectivity index (χ1) is 15.5. The molecule has 0 unspecified atom stereocenters. The molecule has 184 valence electrons. The quantitative estimate of drug-likeness (QED) is 0.313. The Hall–Kier alpha value is -0.680. The number of allylic oxidation sites excluding steroid dienone is 2. The number of aliphatic hydroxyl groups is 2. The molecule has 1 aliphatic heterocycles. The van der Waals surface area contributed by atoms with E-state index < -0.39 is 0 Å². The summed E-state index contributed by atoms with van der Waals surface area (Å²) in [6.45, 7) is 10.6. The number of hydrogen-bond acceptors (Lipinski definition) is 4. The summed E-state index contributed by atoms with van der Waals surface area (Å²) in [4.78, 5) is 5.05. The van der Waals surface area contributed by atoms with Crippen molar-refractivity contribution in [1.29, 1.82) is 0 Å². The van der Waals surface area contributed by atoms with Gasteiger partial charge in [-0.25, -0.2) is 0 Å². The van der Waals surface area contributed by atoms with E-state index in [2.05, 4.69) is 42.8 Å². The van der Waals surface area contributed by atoms with E-state index in [1.165, 1.54) is 77.7 Å². The molecule has 0 bridgehead atoms. The van der Waals surface area contributed by atoms with E-state index in [-0.39, 0.29) is 18.1 Å². The van der Waals surface area contributed by atoms with Crippen LogP contribution in [0.3, 0.4) is 0 Å². The fourth-order valence-corrected chi connectivity index (χ4v) is 6.14. The fraction of sp³-hybridized carbons (Fsp3) is 0.857. The molecule has 0 radical (unpaired) electrons. The van der Waals surface area contributed by atoms with Crippen molar-refractivity contribution >= 4 is 0 Å². The average molecular weight is 447 g/mol. The van der Waals surface area contributed by atoms with E-state index in [1.807, 2.05) is 6.08 Å². The van der Waals surface area contributed by atoms with Crippen LogP contribution in [-0.4, -0.2) is 72.0 Å². The van der Waals surface area contributed by atoms with Crippen LogP contribution in [0, 0.1) is 23.7 Å². The Morgan fingerprint density at radius 1 is 1.12 bits per heavy atom. The van der Waals surface area contributed by atoms with E-state index in [4.69, 9.17) is 0 Å². The van der Waals surface area contributed by atoms with Gasteiger partial charge in [0.2, 0.25) is 0 Å².